The van der Waals surface area contributed by atoms with Crippen LogP contribution >= 0.6 is 0 Å². The number of amides is 3. The molecule has 24 heavy (non-hydrogen) atoms. The summed E-state index contributed by atoms with van der Waals surface area (Å²) < 4.78 is 4.76. The molecule has 0 aromatic heterocycles. The van der Waals surface area contributed by atoms with Crippen LogP contribution in [0.5, 0.6) is 0 Å². The number of methoxy groups -OCH3 is 1. The molecule has 3 amide bonds. The van der Waals surface area contributed by atoms with Crippen LogP contribution in [0.1, 0.15) is 57.8 Å². The zero-order valence-electron chi connectivity index (χ0n) is 14.8. The van der Waals surface area contributed by atoms with Crippen molar-refractivity contribution in [3.05, 3.63) is 0 Å². The van der Waals surface area contributed by atoms with Crippen molar-refractivity contribution in [2.24, 2.45) is 5.92 Å². The Morgan fingerprint density at radius 3 is 2.29 bits per heavy atom. The molecule has 136 valence electrons. The Kier molecular flexibility index (Phi) is 5.85. The number of urea groups is 1. The van der Waals surface area contributed by atoms with E-state index in [2.05, 4.69) is 10.2 Å². The van der Waals surface area contributed by atoms with Crippen molar-refractivity contribution >= 4 is 12.1 Å². The maximum Gasteiger partial charge on any atom is 0.409 e. The van der Waals surface area contributed by atoms with Crippen LogP contribution in [0.15, 0.2) is 0 Å². The van der Waals surface area contributed by atoms with Gasteiger partial charge in [-0.3, -0.25) is 0 Å². The molecule has 0 unspecified atom stereocenters. The summed E-state index contributed by atoms with van der Waals surface area (Å²) in [4.78, 5) is 28.1. The van der Waals surface area contributed by atoms with Crippen molar-refractivity contribution < 1.29 is 14.3 Å². The molecule has 0 radical (unpaired) electrons. The van der Waals surface area contributed by atoms with E-state index >= 15 is 0 Å². The molecular formula is C18H31N3O3. The summed E-state index contributed by atoms with van der Waals surface area (Å²) in [6.07, 6.45) is 10.2. The first-order valence-electron chi connectivity index (χ1n) is 9.57. The zero-order chi connectivity index (χ0) is 16.9. The Bertz CT molecular complexity index is 439. The molecule has 3 aliphatic rings. The second-order valence-electron chi connectivity index (χ2n) is 7.57. The Balaban J connectivity index is 1.46. The fourth-order valence-electron chi connectivity index (χ4n) is 4.02. The summed E-state index contributed by atoms with van der Waals surface area (Å²) in [6.45, 7) is 2.24. The van der Waals surface area contributed by atoms with E-state index in [1.54, 1.807) is 4.90 Å². The third-order valence-corrected chi connectivity index (χ3v) is 5.68. The highest BCUT2D eigenvalue weighted by Crippen LogP contribution is 2.31. The number of piperidine rings is 1. The molecule has 2 aliphatic carbocycles. The van der Waals surface area contributed by atoms with Crippen molar-refractivity contribution in [1.82, 2.24) is 15.1 Å². The molecule has 3 rings (SSSR count). The van der Waals surface area contributed by atoms with Crippen LogP contribution in [0, 0.1) is 5.92 Å². The van der Waals surface area contributed by atoms with Gasteiger partial charge in [-0.05, 0) is 44.4 Å². The van der Waals surface area contributed by atoms with E-state index in [0.29, 0.717) is 25.0 Å². The Morgan fingerprint density at radius 1 is 1.04 bits per heavy atom. The van der Waals surface area contributed by atoms with E-state index in [1.807, 2.05) is 0 Å². The summed E-state index contributed by atoms with van der Waals surface area (Å²) in [5.41, 5.74) is 0. The predicted molar refractivity (Wildman–Crippen MR) is 91.8 cm³/mol. The lowest BCUT2D eigenvalue weighted by Gasteiger charge is -2.34. The van der Waals surface area contributed by atoms with Gasteiger partial charge in [-0.15, -0.1) is 0 Å². The van der Waals surface area contributed by atoms with Crippen molar-refractivity contribution in [2.45, 2.75) is 69.9 Å². The van der Waals surface area contributed by atoms with Gasteiger partial charge in [0.1, 0.15) is 0 Å². The van der Waals surface area contributed by atoms with Crippen molar-refractivity contribution in [2.75, 3.05) is 26.7 Å². The largest absolute Gasteiger partial charge is 0.453 e. The van der Waals surface area contributed by atoms with E-state index in [-0.39, 0.29) is 18.2 Å². The number of ether oxygens (including phenoxy) is 1. The fourth-order valence-corrected chi connectivity index (χ4v) is 4.02. The first kappa shape index (κ1) is 17.4. The van der Waals surface area contributed by atoms with Gasteiger partial charge >= 0.3 is 12.1 Å². The molecule has 1 saturated heterocycles. The summed E-state index contributed by atoms with van der Waals surface area (Å²) in [6, 6.07) is 0.743. The van der Waals surface area contributed by atoms with Crippen molar-refractivity contribution in [3.63, 3.8) is 0 Å². The molecule has 1 heterocycles. The summed E-state index contributed by atoms with van der Waals surface area (Å²) in [5, 5.41) is 3.22. The van der Waals surface area contributed by atoms with Gasteiger partial charge in [-0.25, -0.2) is 9.59 Å². The quantitative estimate of drug-likeness (QED) is 0.858. The molecule has 6 nitrogen and oxygen atoms in total. The van der Waals surface area contributed by atoms with Gasteiger partial charge in [0.25, 0.3) is 0 Å². The van der Waals surface area contributed by atoms with Gasteiger partial charge in [0.15, 0.2) is 0 Å². The number of nitrogens with one attached hydrogen (secondary N) is 1. The van der Waals surface area contributed by atoms with Crippen LogP contribution in [-0.4, -0.2) is 60.8 Å². The van der Waals surface area contributed by atoms with Crippen LogP contribution in [0.3, 0.4) is 0 Å². The Hall–Kier alpha value is -1.46. The molecule has 0 bridgehead atoms. The highest BCUT2D eigenvalue weighted by molar-refractivity contribution is 5.75. The van der Waals surface area contributed by atoms with Gasteiger partial charge in [0.2, 0.25) is 0 Å². The molecule has 0 aromatic carbocycles. The SMILES string of the molecule is COC(=O)N1CCC(NC(=O)N(CC2CCCCC2)C2CC2)CC1. The maximum absolute atomic E-state index is 12.7. The number of hydrogen-bond donors (Lipinski definition) is 1. The van der Waals surface area contributed by atoms with Crippen LogP contribution in [-0.2, 0) is 4.74 Å². The average Bonchev–Trinajstić information content (AvgIpc) is 3.45. The highest BCUT2D eigenvalue weighted by atomic mass is 16.5. The second kappa shape index (κ2) is 8.08. The van der Waals surface area contributed by atoms with Gasteiger partial charge in [0, 0.05) is 31.7 Å². The smallest absolute Gasteiger partial charge is 0.409 e. The van der Waals surface area contributed by atoms with Crippen LogP contribution < -0.4 is 5.32 Å². The third kappa shape index (κ3) is 4.54. The fraction of sp³-hybridized carbons (Fsp3) is 0.889. The molecule has 0 aromatic rings. The van der Waals surface area contributed by atoms with Crippen LogP contribution in [0.2, 0.25) is 0 Å². The first-order chi connectivity index (χ1) is 11.7. The van der Waals surface area contributed by atoms with Gasteiger partial charge < -0.3 is 19.9 Å². The number of hydrogen-bond acceptors (Lipinski definition) is 3. The normalized spacial score (nSPS) is 23.0. The third-order valence-electron chi connectivity index (χ3n) is 5.68. The molecule has 1 aliphatic heterocycles. The zero-order valence-corrected chi connectivity index (χ0v) is 14.8. The number of nitrogens with zero attached hydrogens (tertiary/aromatic N) is 2. The van der Waals surface area contributed by atoms with E-state index in [1.165, 1.54) is 39.2 Å². The van der Waals surface area contributed by atoms with Crippen LogP contribution in [0.25, 0.3) is 0 Å². The molecule has 3 fully saturated rings. The number of carbonyl (C=O) groups excluding carboxylic acids is 2. The van der Waals surface area contributed by atoms with E-state index < -0.39 is 0 Å². The van der Waals surface area contributed by atoms with Crippen molar-refractivity contribution in [1.29, 1.82) is 0 Å². The number of rotatable bonds is 4. The van der Waals surface area contributed by atoms with E-state index in [4.69, 9.17) is 4.74 Å². The average molecular weight is 337 g/mol. The number of carbonyl (C=O) groups is 2. The van der Waals surface area contributed by atoms with Gasteiger partial charge in [-0.2, -0.15) is 0 Å². The van der Waals surface area contributed by atoms with E-state index in [9.17, 15) is 9.59 Å². The molecule has 2 saturated carbocycles. The minimum atomic E-state index is -0.267. The predicted octanol–water partition coefficient (Wildman–Crippen LogP) is 2.97. The van der Waals surface area contributed by atoms with Gasteiger partial charge in [0.05, 0.1) is 7.11 Å². The molecule has 6 heteroatoms. The highest BCUT2D eigenvalue weighted by Gasteiger charge is 2.35. The molecule has 0 spiro atoms. The maximum atomic E-state index is 12.7. The lowest BCUT2D eigenvalue weighted by molar-refractivity contribution is 0.109. The van der Waals surface area contributed by atoms with Gasteiger partial charge in [-0.1, -0.05) is 19.3 Å². The van der Waals surface area contributed by atoms with Crippen LogP contribution in [0.4, 0.5) is 9.59 Å². The minimum Gasteiger partial charge on any atom is -0.453 e. The molecule has 0 atom stereocenters. The second-order valence-corrected chi connectivity index (χ2v) is 7.57. The number of likely N-dealkylation sites (tertiary alicyclic amines) is 1. The standard InChI is InChI=1S/C18H31N3O3/c1-24-18(23)20-11-9-15(10-12-20)19-17(22)21(16-7-8-16)13-14-5-3-2-4-6-14/h14-16H,2-13H2,1H3,(H,19,22). The molecule has 1 N–H and O–H groups in total. The monoisotopic (exact) mass is 337 g/mol. The Morgan fingerprint density at radius 2 is 1.71 bits per heavy atom. The minimum absolute atomic E-state index is 0.111. The lowest BCUT2D eigenvalue weighted by atomic mass is 9.89. The first-order valence-corrected chi connectivity index (χ1v) is 9.57. The lowest BCUT2D eigenvalue weighted by Crippen LogP contribution is -2.51. The summed E-state index contributed by atoms with van der Waals surface area (Å²) >= 11 is 0. The summed E-state index contributed by atoms with van der Waals surface area (Å²) in [5.74, 6) is 0.686. The molecular weight excluding hydrogens is 306 g/mol. The van der Waals surface area contributed by atoms with Crippen molar-refractivity contribution in [3.8, 4) is 0 Å². The topological polar surface area (TPSA) is 61.9 Å². The summed E-state index contributed by atoms with van der Waals surface area (Å²) in [7, 11) is 1.41. The van der Waals surface area contributed by atoms with E-state index in [0.717, 1.165) is 32.2 Å². The Labute approximate surface area is 144 Å².